The molecule has 1 saturated heterocycles. The molecule has 0 spiro atoms. The van der Waals surface area contributed by atoms with Crippen LogP contribution in [0.5, 0.6) is 0 Å². The highest BCUT2D eigenvalue weighted by Gasteiger charge is 2.28. The summed E-state index contributed by atoms with van der Waals surface area (Å²) in [5.74, 6) is -0.0536. The van der Waals surface area contributed by atoms with Crippen LogP contribution >= 0.6 is 11.6 Å². The van der Waals surface area contributed by atoms with Crippen molar-refractivity contribution in [1.82, 2.24) is 4.90 Å². The fourth-order valence-electron chi connectivity index (χ4n) is 3.22. The molecule has 2 aromatic carbocycles. The first-order valence-corrected chi connectivity index (χ1v) is 9.25. The minimum Gasteiger partial charge on any atom is -0.339 e. The number of benzene rings is 2. The number of amides is 2. The van der Waals surface area contributed by atoms with E-state index < -0.39 is 0 Å². The van der Waals surface area contributed by atoms with Gasteiger partial charge in [0.05, 0.1) is 0 Å². The van der Waals surface area contributed by atoms with E-state index in [4.69, 9.17) is 11.6 Å². The maximum absolute atomic E-state index is 12.6. The van der Waals surface area contributed by atoms with E-state index in [-0.39, 0.29) is 17.7 Å². The van der Waals surface area contributed by atoms with E-state index in [0.717, 1.165) is 11.1 Å². The van der Waals surface area contributed by atoms with Crippen molar-refractivity contribution in [2.75, 3.05) is 18.4 Å². The molecule has 26 heavy (non-hydrogen) atoms. The average molecular weight is 371 g/mol. The first-order chi connectivity index (χ1) is 12.4. The van der Waals surface area contributed by atoms with Crippen LogP contribution in [0.2, 0.25) is 5.02 Å². The average Bonchev–Trinajstić information content (AvgIpc) is 2.64. The van der Waals surface area contributed by atoms with Crippen LogP contribution < -0.4 is 5.32 Å². The summed E-state index contributed by atoms with van der Waals surface area (Å²) in [4.78, 5) is 26.9. The fraction of sp³-hybridized carbons (Fsp3) is 0.333. The lowest BCUT2D eigenvalue weighted by molar-refractivity contribution is -0.121. The molecule has 2 amide bonds. The first-order valence-electron chi connectivity index (χ1n) is 8.87. The lowest BCUT2D eigenvalue weighted by atomic mass is 9.95. The molecule has 0 bridgehead atoms. The van der Waals surface area contributed by atoms with Gasteiger partial charge in [0.2, 0.25) is 5.91 Å². The summed E-state index contributed by atoms with van der Waals surface area (Å²) in [6.45, 7) is 5.10. The van der Waals surface area contributed by atoms with Crippen LogP contribution in [-0.2, 0) is 4.79 Å². The number of rotatable bonds is 3. The molecule has 1 aliphatic heterocycles. The number of carbonyl (C=O) groups excluding carboxylic acids is 2. The van der Waals surface area contributed by atoms with E-state index in [1.54, 1.807) is 6.07 Å². The van der Waals surface area contributed by atoms with Crippen molar-refractivity contribution in [2.45, 2.75) is 26.7 Å². The number of anilines is 1. The molecule has 1 fully saturated rings. The van der Waals surface area contributed by atoms with E-state index >= 15 is 0 Å². The zero-order valence-electron chi connectivity index (χ0n) is 15.1. The normalized spacial score (nSPS) is 15.0. The van der Waals surface area contributed by atoms with Gasteiger partial charge in [-0.1, -0.05) is 35.4 Å². The summed E-state index contributed by atoms with van der Waals surface area (Å²) >= 11 is 6.11. The molecule has 1 heterocycles. The van der Waals surface area contributed by atoms with Gasteiger partial charge in [0, 0.05) is 35.3 Å². The van der Waals surface area contributed by atoms with Gasteiger partial charge in [0.15, 0.2) is 0 Å². The van der Waals surface area contributed by atoms with Gasteiger partial charge in [-0.3, -0.25) is 9.59 Å². The Balaban J connectivity index is 1.56. The zero-order valence-corrected chi connectivity index (χ0v) is 15.8. The topological polar surface area (TPSA) is 49.4 Å². The van der Waals surface area contributed by atoms with E-state index in [0.29, 0.717) is 42.2 Å². The summed E-state index contributed by atoms with van der Waals surface area (Å²) in [6, 6.07) is 13.1. The standard InChI is InChI=1S/C21H23ClN2O2/c1-14-4-3-5-17(12-14)21(26)24-10-8-16(9-11-24)20(25)23-18-7-6-15(2)19(22)13-18/h3-7,12-13,16H,8-11H2,1-2H3,(H,23,25). The highest BCUT2D eigenvalue weighted by atomic mass is 35.5. The second kappa shape index (κ2) is 7.92. The van der Waals surface area contributed by atoms with Gasteiger partial charge in [-0.2, -0.15) is 0 Å². The molecule has 0 radical (unpaired) electrons. The first kappa shape index (κ1) is 18.5. The van der Waals surface area contributed by atoms with Gasteiger partial charge < -0.3 is 10.2 Å². The summed E-state index contributed by atoms with van der Waals surface area (Å²) in [5, 5.41) is 3.58. The molecule has 136 valence electrons. The summed E-state index contributed by atoms with van der Waals surface area (Å²) in [7, 11) is 0. The zero-order chi connectivity index (χ0) is 18.7. The van der Waals surface area contributed by atoms with Crippen molar-refractivity contribution in [3.05, 3.63) is 64.2 Å². The number of nitrogens with zero attached hydrogens (tertiary/aromatic N) is 1. The fourth-order valence-corrected chi connectivity index (χ4v) is 3.40. The van der Waals surface area contributed by atoms with Crippen molar-refractivity contribution < 1.29 is 9.59 Å². The second-order valence-corrected chi connectivity index (χ2v) is 7.30. The Labute approximate surface area is 159 Å². The Morgan fingerprint density at radius 3 is 2.46 bits per heavy atom. The molecule has 0 aliphatic carbocycles. The molecule has 1 aliphatic rings. The number of likely N-dealkylation sites (tertiary alicyclic amines) is 1. The van der Waals surface area contributed by atoms with E-state index in [1.807, 2.05) is 55.1 Å². The second-order valence-electron chi connectivity index (χ2n) is 6.89. The van der Waals surface area contributed by atoms with E-state index in [9.17, 15) is 9.59 Å². The van der Waals surface area contributed by atoms with Crippen LogP contribution in [-0.4, -0.2) is 29.8 Å². The summed E-state index contributed by atoms with van der Waals surface area (Å²) < 4.78 is 0. The van der Waals surface area contributed by atoms with Crippen LogP contribution in [0.3, 0.4) is 0 Å². The number of hydrogen-bond acceptors (Lipinski definition) is 2. The minimum atomic E-state index is -0.0864. The van der Waals surface area contributed by atoms with Crippen molar-refractivity contribution >= 4 is 29.1 Å². The van der Waals surface area contributed by atoms with Gasteiger partial charge in [-0.15, -0.1) is 0 Å². The highest BCUT2D eigenvalue weighted by Crippen LogP contribution is 2.24. The molecule has 0 unspecified atom stereocenters. The largest absolute Gasteiger partial charge is 0.339 e. The maximum atomic E-state index is 12.6. The van der Waals surface area contributed by atoms with Crippen LogP contribution in [0.15, 0.2) is 42.5 Å². The van der Waals surface area contributed by atoms with Crippen molar-refractivity contribution in [2.24, 2.45) is 5.92 Å². The lowest BCUT2D eigenvalue weighted by Crippen LogP contribution is -2.41. The smallest absolute Gasteiger partial charge is 0.253 e. The maximum Gasteiger partial charge on any atom is 0.253 e. The van der Waals surface area contributed by atoms with Crippen molar-refractivity contribution in [3.63, 3.8) is 0 Å². The summed E-state index contributed by atoms with van der Waals surface area (Å²) in [5.41, 5.74) is 3.47. The molecule has 4 nitrogen and oxygen atoms in total. The Hall–Kier alpha value is -2.33. The number of hydrogen-bond donors (Lipinski definition) is 1. The molecule has 2 aromatic rings. The van der Waals surface area contributed by atoms with E-state index in [1.165, 1.54) is 0 Å². The molecule has 5 heteroatoms. The third kappa shape index (κ3) is 4.25. The van der Waals surface area contributed by atoms with Crippen molar-refractivity contribution in [1.29, 1.82) is 0 Å². The van der Waals surface area contributed by atoms with Gasteiger partial charge >= 0.3 is 0 Å². The molecular weight excluding hydrogens is 348 g/mol. The predicted molar refractivity (Wildman–Crippen MR) is 105 cm³/mol. The van der Waals surface area contributed by atoms with Crippen LogP contribution in [0.1, 0.15) is 34.3 Å². The number of aryl methyl sites for hydroxylation is 2. The number of nitrogens with one attached hydrogen (secondary N) is 1. The quantitative estimate of drug-likeness (QED) is 0.867. The van der Waals surface area contributed by atoms with Crippen molar-refractivity contribution in [3.8, 4) is 0 Å². The SMILES string of the molecule is Cc1cccc(C(=O)N2CCC(C(=O)Nc3ccc(C)c(Cl)c3)CC2)c1. The molecule has 0 aromatic heterocycles. The van der Waals surface area contributed by atoms with E-state index in [2.05, 4.69) is 5.32 Å². The lowest BCUT2D eigenvalue weighted by Gasteiger charge is -2.31. The molecule has 1 N–H and O–H groups in total. The minimum absolute atomic E-state index is 0.00688. The Bertz CT molecular complexity index is 827. The Morgan fingerprint density at radius 1 is 1.08 bits per heavy atom. The summed E-state index contributed by atoms with van der Waals surface area (Å²) in [6.07, 6.45) is 1.34. The van der Waals surface area contributed by atoms with Gasteiger partial charge in [-0.25, -0.2) is 0 Å². The third-order valence-corrected chi connectivity index (χ3v) is 5.26. The molecule has 0 saturated carbocycles. The number of piperidine rings is 1. The Morgan fingerprint density at radius 2 is 1.81 bits per heavy atom. The van der Waals surface area contributed by atoms with Gasteiger partial charge in [-0.05, 0) is 56.5 Å². The Kier molecular flexibility index (Phi) is 5.62. The van der Waals surface area contributed by atoms with Gasteiger partial charge in [0.1, 0.15) is 0 Å². The number of carbonyl (C=O) groups is 2. The predicted octanol–water partition coefficient (Wildman–Crippen LogP) is 4.45. The number of halogens is 1. The third-order valence-electron chi connectivity index (χ3n) is 4.86. The highest BCUT2D eigenvalue weighted by molar-refractivity contribution is 6.31. The molecule has 0 atom stereocenters. The van der Waals surface area contributed by atoms with Gasteiger partial charge in [0.25, 0.3) is 5.91 Å². The van der Waals surface area contributed by atoms with Crippen LogP contribution in [0.4, 0.5) is 5.69 Å². The molecular formula is C21H23ClN2O2. The van der Waals surface area contributed by atoms with Crippen LogP contribution in [0.25, 0.3) is 0 Å². The molecule has 3 rings (SSSR count). The van der Waals surface area contributed by atoms with Crippen LogP contribution in [0, 0.1) is 19.8 Å². The monoisotopic (exact) mass is 370 g/mol.